The molecule has 0 aromatic rings. The Morgan fingerprint density at radius 3 is 2.63 bits per heavy atom. The van der Waals surface area contributed by atoms with Crippen molar-refractivity contribution in [1.29, 1.82) is 0 Å². The van der Waals surface area contributed by atoms with Crippen molar-refractivity contribution in [3.8, 4) is 0 Å². The van der Waals surface area contributed by atoms with Crippen LogP contribution >= 0.6 is 0 Å². The van der Waals surface area contributed by atoms with Crippen LogP contribution in [0.3, 0.4) is 0 Å². The topological polar surface area (TPSA) is 20.3 Å². The molecule has 0 spiro atoms. The zero-order valence-corrected chi connectivity index (χ0v) is 12.5. The average Bonchev–Trinajstić information content (AvgIpc) is 2.87. The number of rotatable bonds is 4. The van der Waals surface area contributed by atoms with E-state index in [-0.39, 0.29) is 5.41 Å². The highest BCUT2D eigenvalue weighted by molar-refractivity contribution is 5.79. The first-order chi connectivity index (χ1) is 9.04. The van der Waals surface area contributed by atoms with Gasteiger partial charge in [0.05, 0.1) is 0 Å². The van der Waals surface area contributed by atoms with Crippen LogP contribution in [0.1, 0.15) is 58.8 Å². The number of hydrogen-bond acceptors (Lipinski definition) is 1. The van der Waals surface area contributed by atoms with Crippen molar-refractivity contribution < 1.29 is 4.79 Å². The minimum atomic E-state index is 0.186. The zero-order valence-electron chi connectivity index (χ0n) is 12.5. The van der Waals surface area contributed by atoms with E-state index in [2.05, 4.69) is 20.4 Å². The van der Waals surface area contributed by atoms with Gasteiger partial charge in [-0.15, -0.1) is 6.58 Å². The molecule has 19 heavy (non-hydrogen) atoms. The predicted octanol–water partition coefficient (Wildman–Crippen LogP) is 4.08. The first kappa shape index (κ1) is 14.4. The Hall–Kier alpha value is -1.05. The predicted molar refractivity (Wildman–Crippen MR) is 79.9 cm³/mol. The second-order valence-corrected chi connectivity index (χ2v) is 6.58. The summed E-state index contributed by atoms with van der Waals surface area (Å²) in [5.74, 6) is 0.337. The summed E-state index contributed by atoms with van der Waals surface area (Å²) in [6.45, 7) is 10.4. The van der Waals surface area contributed by atoms with Crippen molar-refractivity contribution >= 4 is 5.91 Å². The minimum absolute atomic E-state index is 0.186. The molecular weight excluding hydrogens is 234 g/mol. The molecule has 0 radical (unpaired) electrons. The SMILES string of the molecule is C=CCC1=C(CC(=O)N2CCCC2)C(C)(C)CCC1. The number of carbonyl (C=O) groups is 1. The maximum absolute atomic E-state index is 12.4. The highest BCUT2D eigenvalue weighted by Crippen LogP contribution is 2.43. The molecular formula is C17H27NO. The van der Waals surface area contributed by atoms with Gasteiger partial charge >= 0.3 is 0 Å². The smallest absolute Gasteiger partial charge is 0.226 e. The molecule has 0 saturated carbocycles. The molecule has 1 amide bonds. The van der Waals surface area contributed by atoms with Crippen molar-refractivity contribution in [1.82, 2.24) is 4.90 Å². The second-order valence-electron chi connectivity index (χ2n) is 6.58. The Morgan fingerprint density at radius 2 is 2.00 bits per heavy atom. The molecule has 0 aromatic carbocycles. The van der Waals surface area contributed by atoms with Gasteiger partial charge in [0.15, 0.2) is 0 Å². The molecule has 1 heterocycles. The monoisotopic (exact) mass is 261 g/mol. The summed E-state index contributed by atoms with van der Waals surface area (Å²) in [5.41, 5.74) is 3.06. The summed E-state index contributed by atoms with van der Waals surface area (Å²) in [6, 6.07) is 0. The van der Waals surface area contributed by atoms with Gasteiger partial charge in [0.25, 0.3) is 0 Å². The van der Waals surface area contributed by atoms with Crippen LogP contribution in [0.4, 0.5) is 0 Å². The molecule has 1 fully saturated rings. The third-order valence-electron chi connectivity index (χ3n) is 4.70. The lowest BCUT2D eigenvalue weighted by Gasteiger charge is -2.36. The van der Waals surface area contributed by atoms with Crippen LogP contribution < -0.4 is 0 Å². The molecule has 1 saturated heterocycles. The third kappa shape index (κ3) is 3.29. The summed E-state index contributed by atoms with van der Waals surface area (Å²) >= 11 is 0. The van der Waals surface area contributed by atoms with E-state index in [1.165, 1.54) is 36.8 Å². The maximum atomic E-state index is 12.4. The Kier molecular flexibility index (Phi) is 4.49. The van der Waals surface area contributed by atoms with Gasteiger partial charge in [0.1, 0.15) is 0 Å². The van der Waals surface area contributed by atoms with E-state index < -0.39 is 0 Å². The van der Waals surface area contributed by atoms with Crippen LogP contribution in [-0.2, 0) is 4.79 Å². The fourth-order valence-electron chi connectivity index (χ4n) is 3.52. The minimum Gasteiger partial charge on any atom is -0.342 e. The zero-order chi connectivity index (χ0) is 13.9. The molecule has 0 N–H and O–H groups in total. The molecule has 1 aliphatic heterocycles. The van der Waals surface area contributed by atoms with Crippen LogP contribution in [0, 0.1) is 5.41 Å². The first-order valence-electron chi connectivity index (χ1n) is 7.64. The van der Waals surface area contributed by atoms with Gasteiger partial charge in [-0.1, -0.05) is 31.1 Å². The maximum Gasteiger partial charge on any atom is 0.226 e. The van der Waals surface area contributed by atoms with Crippen molar-refractivity contribution in [2.75, 3.05) is 13.1 Å². The molecule has 106 valence electrons. The second kappa shape index (κ2) is 5.94. The largest absolute Gasteiger partial charge is 0.342 e. The molecule has 1 aliphatic carbocycles. The van der Waals surface area contributed by atoms with Gasteiger partial charge in [0, 0.05) is 19.5 Å². The molecule has 2 heteroatoms. The highest BCUT2D eigenvalue weighted by Gasteiger charge is 2.32. The number of nitrogens with zero attached hydrogens (tertiary/aromatic N) is 1. The van der Waals surface area contributed by atoms with E-state index in [0.717, 1.165) is 25.9 Å². The van der Waals surface area contributed by atoms with E-state index >= 15 is 0 Å². The lowest BCUT2D eigenvalue weighted by molar-refractivity contribution is -0.129. The number of allylic oxidation sites excluding steroid dienone is 2. The molecule has 0 aromatic heterocycles. The lowest BCUT2D eigenvalue weighted by atomic mass is 9.70. The van der Waals surface area contributed by atoms with E-state index in [9.17, 15) is 4.79 Å². The molecule has 0 atom stereocenters. The Balaban J connectivity index is 2.16. The van der Waals surface area contributed by atoms with Crippen molar-refractivity contribution in [2.45, 2.75) is 58.8 Å². The van der Waals surface area contributed by atoms with Crippen molar-refractivity contribution in [3.63, 3.8) is 0 Å². The summed E-state index contributed by atoms with van der Waals surface area (Å²) in [4.78, 5) is 14.5. The first-order valence-corrected chi connectivity index (χ1v) is 7.64. The lowest BCUT2D eigenvalue weighted by Crippen LogP contribution is -2.31. The van der Waals surface area contributed by atoms with Gasteiger partial charge in [-0.05, 0) is 43.9 Å². The summed E-state index contributed by atoms with van der Waals surface area (Å²) < 4.78 is 0. The fourth-order valence-corrected chi connectivity index (χ4v) is 3.52. The van der Waals surface area contributed by atoms with E-state index in [1.54, 1.807) is 0 Å². The van der Waals surface area contributed by atoms with Gasteiger partial charge in [-0.3, -0.25) is 4.79 Å². The van der Waals surface area contributed by atoms with Crippen LogP contribution in [0.5, 0.6) is 0 Å². The fraction of sp³-hybridized carbons (Fsp3) is 0.706. The quantitative estimate of drug-likeness (QED) is 0.698. The third-order valence-corrected chi connectivity index (χ3v) is 4.70. The summed E-state index contributed by atoms with van der Waals surface area (Å²) in [6.07, 6.45) is 9.52. The summed E-state index contributed by atoms with van der Waals surface area (Å²) in [7, 11) is 0. The Labute approximate surface area is 117 Å². The molecule has 0 unspecified atom stereocenters. The van der Waals surface area contributed by atoms with Crippen molar-refractivity contribution in [2.24, 2.45) is 5.41 Å². The van der Waals surface area contributed by atoms with Crippen LogP contribution in [0.2, 0.25) is 0 Å². The van der Waals surface area contributed by atoms with Crippen molar-refractivity contribution in [3.05, 3.63) is 23.8 Å². The van der Waals surface area contributed by atoms with E-state index in [1.807, 2.05) is 11.0 Å². The number of likely N-dealkylation sites (tertiary alicyclic amines) is 1. The van der Waals surface area contributed by atoms with Crippen LogP contribution in [0.25, 0.3) is 0 Å². The number of hydrogen-bond donors (Lipinski definition) is 0. The van der Waals surface area contributed by atoms with Gasteiger partial charge in [-0.2, -0.15) is 0 Å². The van der Waals surface area contributed by atoms with Gasteiger partial charge in [-0.25, -0.2) is 0 Å². The highest BCUT2D eigenvalue weighted by atomic mass is 16.2. The average molecular weight is 261 g/mol. The van der Waals surface area contributed by atoms with Gasteiger partial charge < -0.3 is 4.90 Å². The molecule has 2 nitrogen and oxygen atoms in total. The standard InChI is InChI=1S/C17H27NO/c1-4-8-14-9-7-10-17(2,3)15(14)13-16(19)18-11-5-6-12-18/h4H,1,5-13H2,2-3H3. The molecule has 2 aliphatic rings. The number of carbonyl (C=O) groups excluding carboxylic acids is 1. The van der Waals surface area contributed by atoms with E-state index in [4.69, 9.17) is 0 Å². The Bertz CT molecular complexity index is 386. The van der Waals surface area contributed by atoms with Gasteiger partial charge in [0.2, 0.25) is 5.91 Å². The number of amides is 1. The molecule has 2 rings (SSSR count). The summed E-state index contributed by atoms with van der Waals surface area (Å²) in [5, 5.41) is 0. The molecule has 0 bridgehead atoms. The normalized spacial score (nSPS) is 22.7. The van der Waals surface area contributed by atoms with Crippen LogP contribution in [0.15, 0.2) is 23.8 Å². The van der Waals surface area contributed by atoms with E-state index in [0.29, 0.717) is 12.3 Å². The Morgan fingerprint density at radius 1 is 1.32 bits per heavy atom. The van der Waals surface area contributed by atoms with Crippen LogP contribution in [-0.4, -0.2) is 23.9 Å².